The highest BCUT2D eigenvalue weighted by Gasteiger charge is 2.23. The molecule has 0 aromatic heterocycles. The first-order valence-electron chi connectivity index (χ1n) is 6.79. The Bertz CT molecular complexity index is 301. The van der Waals surface area contributed by atoms with Crippen LogP contribution in [0.4, 0.5) is 0 Å². The molecule has 1 aromatic carbocycles. The Morgan fingerprint density at radius 3 is 2.44 bits per heavy atom. The van der Waals surface area contributed by atoms with E-state index in [1.54, 1.807) is 0 Å². The minimum atomic E-state index is 0.939. The standard InChI is InChI=1S/C16H24/c1-13-8-9-16(12-14(13)2)11-10-15-6-4-3-5-7-15/h3-7,13-14,16H,8-12H2,1-2H3. The van der Waals surface area contributed by atoms with Crippen LogP contribution in [0.3, 0.4) is 0 Å². The van der Waals surface area contributed by atoms with Crippen molar-refractivity contribution >= 4 is 0 Å². The molecule has 0 spiro atoms. The van der Waals surface area contributed by atoms with Gasteiger partial charge < -0.3 is 0 Å². The number of rotatable bonds is 3. The first kappa shape index (κ1) is 11.7. The molecule has 16 heavy (non-hydrogen) atoms. The summed E-state index contributed by atoms with van der Waals surface area (Å²) < 4.78 is 0. The molecule has 0 amide bonds. The molecule has 3 atom stereocenters. The summed E-state index contributed by atoms with van der Waals surface area (Å²) in [6, 6.07) is 10.9. The molecular weight excluding hydrogens is 192 g/mol. The second-order valence-corrected chi connectivity index (χ2v) is 5.66. The molecule has 0 N–H and O–H groups in total. The predicted octanol–water partition coefficient (Wildman–Crippen LogP) is 4.69. The Morgan fingerprint density at radius 2 is 1.75 bits per heavy atom. The normalized spacial score (nSPS) is 30.2. The van der Waals surface area contributed by atoms with E-state index in [0.717, 1.165) is 17.8 Å². The first-order chi connectivity index (χ1) is 7.75. The van der Waals surface area contributed by atoms with Crippen molar-refractivity contribution in [1.29, 1.82) is 0 Å². The van der Waals surface area contributed by atoms with E-state index in [-0.39, 0.29) is 0 Å². The van der Waals surface area contributed by atoms with Gasteiger partial charge in [0.15, 0.2) is 0 Å². The molecule has 1 aliphatic rings. The van der Waals surface area contributed by atoms with E-state index in [0.29, 0.717) is 0 Å². The molecule has 1 aromatic rings. The van der Waals surface area contributed by atoms with E-state index < -0.39 is 0 Å². The van der Waals surface area contributed by atoms with Crippen molar-refractivity contribution in [2.75, 3.05) is 0 Å². The van der Waals surface area contributed by atoms with Crippen molar-refractivity contribution in [3.63, 3.8) is 0 Å². The van der Waals surface area contributed by atoms with Gasteiger partial charge in [0, 0.05) is 0 Å². The van der Waals surface area contributed by atoms with Crippen LogP contribution in [0.5, 0.6) is 0 Å². The van der Waals surface area contributed by atoms with E-state index >= 15 is 0 Å². The lowest BCUT2D eigenvalue weighted by Crippen LogP contribution is -2.21. The molecule has 3 unspecified atom stereocenters. The average molecular weight is 216 g/mol. The highest BCUT2D eigenvalue weighted by atomic mass is 14.3. The van der Waals surface area contributed by atoms with E-state index in [1.807, 2.05) is 0 Å². The summed E-state index contributed by atoms with van der Waals surface area (Å²) in [4.78, 5) is 0. The summed E-state index contributed by atoms with van der Waals surface area (Å²) >= 11 is 0. The van der Waals surface area contributed by atoms with Gasteiger partial charge in [-0.1, -0.05) is 57.0 Å². The van der Waals surface area contributed by atoms with Gasteiger partial charge in [-0.2, -0.15) is 0 Å². The molecule has 2 rings (SSSR count). The Morgan fingerprint density at radius 1 is 1.00 bits per heavy atom. The minimum absolute atomic E-state index is 0.939. The monoisotopic (exact) mass is 216 g/mol. The topological polar surface area (TPSA) is 0 Å². The van der Waals surface area contributed by atoms with Crippen LogP contribution in [0.15, 0.2) is 30.3 Å². The maximum atomic E-state index is 2.43. The molecule has 1 fully saturated rings. The van der Waals surface area contributed by atoms with E-state index in [9.17, 15) is 0 Å². The quantitative estimate of drug-likeness (QED) is 0.687. The molecule has 1 aliphatic carbocycles. The van der Waals surface area contributed by atoms with Crippen LogP contribution in [0.2, 0.25) is 0 Å². The second-order valence-electron chi connectivity index (χ2n) is 5.66. The summed E-state index contributed by atoms with van der Waals surface area (Å²) in [6.45, 7) is 4.84. The van der Waals surface area contributed by atoms with Crippen LogP contribution in [0.1, 0.15) is 45.1 Å². The molecule has 1 saturated carbocycles. The fraction of sp³-hybridized carbons (Fsp3) is 0.625. The van der Waals surface area contributed by atoms with E-state index in [4.69, 9.17) is 0 Å². The third-order valence-corrected chi connectivity index (χ3v) is 4.39. The average Bonchev–Trinajstić information content (AvgIpc) is 2.32. The van der Waals surface area contributed by atoms with Gasteiger partial charge in [0.05, 0.1) is 0 Å². The zero-order valence-corrected chi connectivity index (χ0v) is 10.7. The molecular formula is C16H24. The maximum Gasteiger partial charge on any atom is -0.0276 e. The lowest BCUT2D eigenvalue weighted by Gasteiger charge is -2.32. The summed E-state index contributed by atoms with van der Waals surface area (Å²) in [5, 5.41) is 0. The van der Waals surface area contributed by atoms with Crippen molar-refractivity contribution in [3.8, 4) is 0 Å². The SMILES string of the molecule is CC1CCC(CCc2ccccc2)CC1C. The number of hydrogen-bond donors (Lipinski definition) is 0. The summed E-state index contributed by atoms with van der Waals surface area (Å²) in [5.41, 5.74) is 1.51. The molecule has 0 bridgehead atoms. The van der Waals surface area contributed by atoms with Crippen molar-refractivity contribution in [2.24, 2.45) is 17.8 Å². The lowest BCUT2D eigenvalue weighted by atomic mass is 9.74. The minimum Gasteiger partial charge on any atom is -0.0623 e. The summed E-state index contributed by atoms with van der Waals surface area (Å²) in [6.07, 6.45) is 7.01. The predicted molar refractivity (Wildman–Crippen MR) is 70.4 cm³/mol. The highest BCUT2D eigenvalue weighted by Crippen LogP contribution is 2.35. The molecule has 0 aliphatic heterocycles. The number of hydrogen-bond acceptors (Lipinski definition) is 0. The van der Waals surface area contributed by atoms with Crippen molar-refractivity contribution in [3.05, 3.63) is 35.9 Å². The molecule has 0 nitrogen and oxygen atoms in total. The zero-order chi connectivity index (χ0) is 11.4. The van der Waals surface area contributed by atoms with Crippen LogP contribution < -0.4 is 0 Å². The van der Waals surface area contributed by atoms with Crippen LogP contribution >= 0.6 is 0 Å². The summed E-state index contributed by atoms with van der Waals surface area (Å²) in [5.74, 6) is 2.87. The Hall–Kier alpha value is -0.780. The zero-order valence-electron chi connectivity index (χ0n) is 10.7. The highest BCUT2D eigenvalue weighted by molar-refractivity contribution is 5.14. The Labute approximate surface area is 100 Å². The van der Waals surface area contributed by atoms with E-state index in [1.165, 1.54) is 37.7 Å². The third-order valence-electron chi connectivity index (χ3n) is 4.39. The third kappa shape index (κ3) is 3.10. The fourth-order valence-corrected chi connectivity index (χ4v) is 2.94. The Kier molecular flexibility index (Phi) is 4.04. The second kappa shape index (κ2) is 5.52. The van der Waals surface area contributed by atoms with Gasteiger partial charge in [-0.15, -0.1) is 0 Å². The van der Waals surface area contributed by atoms with Crippen molar-refractivity contribution in [1.82, 2.24) is 0 Å². The largest absolute Gasteiger partial charge is 0.0623 e. The lowest BCUT2D eigenvalue weighted by molar-refractivity contribution is 0.200. The van der Waals surface area contributed by atoms with Gasteiger partial charge in [0.2, 0.25) is 0 Å². The van der Waals surface area contributed by atoms with Gasteiger partial charge in [-0.25, -0.2) is 0 Å². The van der Waals surface area contributed by atoms with Crippen LogP contribution in [-0.4, -0.2) is 0 Å². The molecule has 88 valence electrons. The van der Waals surface area contributed by atoms with Gasteiger partial charge in [0.1, 0.15) is 0 Å². The molecule has 0 heteroatoms. The van der Waals surface area contributed by atoms with Crippen LogP contribution in [-0.2, 0) is 6.42 Å². The van der Waals surface area contributed by atoms with Gasteiger partial charge in [-0.3, -0.25) is 0 Å². The number of benzene rings is 1. The van der Waals surface area contributed by atoms with E-state index in [2.05, 4.69) is 44.2 Å². The van der Waals surface area contributed by atoms with Crippen LogP contribution in [0.25, 0.3) is 0 Å². The smallest absolute Gasteiger partial charge is 0.0276 e. The Balaban J connectivity index is 1.79. The first-order valence-corrected chi connectivity index (χ1v) is 6.79. The van der Waals surface area contributed by atoms with Crippen LogP contribution in [0, 0.1) is 17.8 Å². The molecule has 0 heterocycles. The summed E-state index contributed by atoms with van der Waals surface area (Å²) in [7, 11) is 0. The molecule has 0 saturated heterocycles. The van der Waals surface area contributed by atoms with Crippen molar-refractivity contribution in [2.45, 2.75) is 46.0 Å². The van der Waals surface area contributed by atoms with Gasteiger partial charge in [-0.05, 0) is 42.6 Å². The van der Waals surface area contributed by atoms with Gasteiger partial charge in [0.25, 0.3) is 0 Å². The maximum absolute atomic E-state index is 2.43. The molecule has 0 radical (unpaired) electrons. The van der Waals surface area contributed by atoms with Gasteiger partial charge >= 0.3 is 0 Å². The fourth-order valence-electron chi connectivity index (χ4n) is 2.94. The number of aryl methyl sites for hydroxylation is 1. The van der Waals surface area contributed by atoms with Crippen molar-refractivity contribution < 1.29 is 0 Å².